The minimum atomic E-state index is -0.565. The molecule has 1 aromatic heterocycles. The van der Waals surface area contributed by atoms with Crippen molar-refractivity contribution < 1.29 is 18.8 Å². The summed E-state index contributed by atoms with van der Waals surface area (Å²) in [6.07, 6.45) is 4.39. The topological polar surface area (TPSA) is 61.6 Å². The molecule has 1 fully saturated rings. The van der Waals surface area contributed by atoms with Crippen LogP contribution in [-0.4, -0.2) is 11.1 Å². The van der Waals surface area contributed by atoms with E-state index in [2.05, 4.69) is 17.2 Å². The van der Waals surface area contributed by atoms with E-state index in [9.17, 15) is 4.79 Å². The molecule has 0 N–H and O–H groups in total. The summed E-state index contributed by atoms with van der Waals surface area (Å²) < 4.78 is 16.7. The minimum Gasteiger partial charge on any atom is -0.487 e. The summed E-state index contributed by atoms with van der Waals surface area (Å²) in [6.45, 7) is 0.113. The number of rotatable bonds is 6. The molecule has 0 radical (unpaired) electrons. The zero-order chi connectivity index (χ0) is 25.9. The fraction of sp³-hybridized carbons (Fsp3) is 0.143. The molecule has 3 aromatic carbocycles. The highest BCUT2D eigenvalue weighted by Crippen LogP contribution is 2.46. The number of carbonyl (C=O) groups is 1. The van der Waals surface area contributed by atoms with Gasteiger partial charge in [0.2, 0.25) is 0 Å². The van der Waals surface area contributed by atoms with Gasteiger partial charge in [-0.2, -0.15) is 0 Å². The monoisotopic (exact) mass is 571 g/mol. The molecule has 1 aliphatic carbocycles. The highest BCUT2D eigenvalue weighted by atomic mass is 35.5. The van der Waals surface area contributed by atoms with E-state index in [1.807, 2.05) is 0 Å². The van der Waals surface area contributed by atoms with Crippen molar-refractivity contribution in [2.45, 2.75) is 25.4 Å². The highest BCUT2D eigenvalue weighted by Gasteiger charge is 2.33. The van der Waals surface area contributed by atoms with Crippen molar-refractivity contribution in [2.75, 3.05) is 0 Å². The van der Waals surface area contributed by atoms with Gasteiger partial charge in [0.25, 0.3) is 0 Å². The summed E-state index contributed by atoms with van der Waals surface area (Å²) in [5.41, 5.74) is 2.64. The molecule has 0 spiro atoms. The van der Waals surface area contributed by atoms with Gasteiger partial charge < -0.3 is 14.0 Å². The second kappa shape index (κ2) is 11.1. The predicted octanol–water partition coefficient (Wildman–Crippen LogP) is 8.58. The van der Waals surface area contributed by atoms with Gasteiger partial charge in [-0.3, -0.25) is 0 Å². The van der Waals surface area contributed by atoms with Crippen molar-refractivity contribution >= 4 is 52.4 Å². The lowest BCUT2D eigenvalue weighted by atomic mass is 10.0. The van der Waals surface area contributed by atoms with Gasteiger partial charge in [-0.05, 0) is 55.2 Å². The zero-order valence-electron chi connectivity index (χ0n) is 19.1. The number of esters is 1. The van der Waals surface area contributed by atoms with Gasteiger partial charge in [-0.25, -0.2) is 4.79 Å². The molecule has 0 unspecified atom stereocenters. The molecule has 5 nitrogen and oxygen atoms in total. The largest absolute Gasteiger partial charge is 0.487 e. The first-order chi connectivity index (χ1) is 17.9. The van der Waals surface area contributed by atoms with Crippen LogP contribution in [0.25, 0.3) is 11.3 Å². The third-order valence-electron chi connectivity index (χ3n) is 5.72. The number of benzene rings is 3. The molecule has 0 saturated heterocycles. The van der Waals surface area contributed by atoms with Crippen molar-refractivity contribution in [3.05, 3.63) is 103 Å². The summed E-state index contributed by atoms with van der Waals surface area (Å²) >= 11 is 25.8. The van der Waals surface area contributed by atoms with Crippen molar-refractivity contribution in [3.63, 3.8) is 0 Å². The minimum absolute atomic E-state index is 0.113. The molecule has 0 bridgehead atoms. The summed E-state index contributed by atoms with van der Waals surface area (Å²) in [5, 5.41) is 5.52. The maximum absolute atomic E-state index is 12.1. The van der Waals surface area contributed by atoms with Gasteiger partial charge in [0, 0.05) is 17.0 Å². The standard InChI is InChI=1S/C28H17Cl4NO4/c29-20-7-4-8-21(30)23(20)26-19(27(37-33-26)17-9-10-17)15-36-22-12-11-16(24(31)25(22)32)13-14-35-28(34)18-5-2-1-3-6-18/h1-8,11-12,17H,9-10,15H2. The van der Waals surface area contributed by atoms with Crippen LogP contribution in [0.4, 0.5) is 0 Å². The Morgan fingerprint density at radius 2 is 1.68 bits per heavy atom. The smallest absolute Gasteiger partial charge is 0.352 e. The molecule has 0 aliphatic heterocycles. The van der Waals surface area contributed by atoms with Crippen LogP contribution >= 0.6 is 46.4 Å². The van der Waals surface area contributed by atoms with E-state index in [1.54, 1.807) is 60.7 Å². The van der Waals surface area contributed by atoms with Crippen molar-refractivity contribution in [2.24, 2.45) is 0 Å². The summed E-state index contributed by atoms with van der Waals surface area (Å²) in [7, 11) is 0. The Labute approximate surface area is 233 Å². The second-order valence-electron chi connectivity index (χ2n) is 8.26. The molecule has 1 aliphatic rings. The Balaban J connectivity index is 1.35. The van der Waals surface area contributed by atoms with E-state index < -0.39 is 5.97 Å². The lowest BCUT2D eigenvalue weighted by Crippen LogP contribution is -2.01. The maximum atomic E-state index is 12.1. The predicted molar refractivity (Wildman–Crippen MR) is 143 cm³/mol. The molecule has 0 atom stereocenters. The number of hydrogen-bond donors (Lipinski definition) is 0. The zero-order valence-corrected chi connectivity index (χ0v) is 22.1. The van der Waals surface area contributed by atoms with Gasteiger partial charge in [-0.15, -0.1) is 0 Å². The number of ether oxygens (including phenoxy) is 2. The van der Waals surface area contributed by atoms with E-state index >= 15 is 0 Å². The van der Waals surface area contributed by atoms with Gasteiger partial charge >= 0.3 is 5.97 Å². The number of aromatic nitrogens is 1. The number of nitrogens with zero attached hydrogens (tertiary/aromatic N) is 1. The third-order valence-corrected chi connectivity index (χ3v) is 7.22. The second-order valence-corrected chi connectivity index (χ2v) is 9.83. The van der Waals surface area contributed by atoms with Crippen LogP contribution in [0.15, 0.2) is 65.2 Å². The van der Waals surface area contributed by atoms with Crippen molar-refractivity contribution in [1.29, 1.82) is 0 Å². The van der Waals surface area contributed by atoms with Gasteiger partial charge in [-0.1, -0.05) is 75.8 Å². The first-order valence-electron chi connectivity index (χ1n) is 11.2. The lowest BCUT2D eigenvalue weighted by molar-refractivity contribution is 0.0690. The Morgan fingerprint density at radius 1 is 0.946 bits per heavy atom. The fourth-order valence-electron chi connectivity index (χ4n) is 3.70. The van der Waals surface area contributed by atoms with Crippen molar-refractivity contribution in [3.8, 4) is 29.0 Å². The highest BCUT2D eigenvalue weighted by molar-refractivity contribution is 6.43. The SMILES string of the molecule is O=C(OC#Cc1ccc(OCc2c(-c3c(Cl)cccc3Cl)noc2C2CC2)c(Cl)c1Cl)c1ccccc1. The van der Waals surface area contributed by atoms with Crippen LogP contribution in [0.1, 0.15) is 46.0 Å². The fourth-order valence-corrected chi connectivity index (χ4v) is 4.70. The molecule has 4 aromatic rings. The first kappa shape index (κ1) is 25.5. The third kappa shape index (κ3) is 5.58. The van der Waals surface area contributed by atoms with Crippen LogP contribution in [-0.2, 0) is 11.3 Å². The van der Waals surface area contributed by atoms with E-state index in [1.165, 1.54) is 0 Å². The Kier molecular flexibility index (Phi) is 7.64. The first-order valence-corrected chi connectivity index (χ1v) is 12.8. The molecular formula is C28H17Cl4NO4. The average Bonchev–Trinajstić information content (AvgIpc) is 3.66. The number of hydrogen-bond acceptors (Lipinski definition) is 5. The quantitative estimate of drug-likeness (QED) is 0.171. The van der Waals surface area contributed by atoms with E-state index in [4.69, 9.17) is 60.4 Å². The number of halogens is 4. The maximum Gasteiger partial charge on any atom is 0.352 e. The van der Waals surface area contributed by atoms with Crippen LogP contribution in [0, 0.1) is 12.0 Å². The molecule has 186 valence electrons. The summed E-state index contributed by atoms with van der Waals surface area (Å²) in [4.78, 5) is 12.1. The average molecular weight is 573 g/mol. The Morgan fingerprint density at radius 3 is 2.38 bits per heavy atom. The van der Waals surface area contributed by atoms with Crippen LogP contribution in [0.3, 0.4) is 0 Å². The molecule has 1 heterocycles. The molecule has 1 saturated carbocycles. The van der Waals surface area contributed by atoms with Crippen LogP contribution < -0.4 is 4.74 Å². The van der Waals surface area contributed by atoms with E-state index in [-0.39, 0.29) is 22.6 Å². The van der Waals surface area contributed by atoms with E-state index in [0.717, 1.165) is 24.2 Å². The van der Waals surface area contributed by atoms with Gasteiger partial charge in [0.15, 0.2) is 0 Å². The summed E-state index contributed by atoms with van der Waals surface area (Å²) in [5.74, 6) is 3.51. The summed E-state index contributed by atoms with van der Waals surface area (Å²) in [6, 6.07) is 17.1. The van der Waals surface area contributed by atoms with Crippen molar-refractivity contribution in [1.82, 2.24) is 5.16 Å². The molecule has 9 heteroatoms. The normalized spacial score (nSPS) is 12.5. The Bertz CT molecular complexity index is 1520. The van der Waals surface area contributed by atoms with Crippen LogP contribution in [0.5, 0.6) is 5.75 Å². The Hall–Kier alpha value is -3.14. The van der Waals surface area contributed by atoms with Gasteiger partial charge in [0.05, 0.1) is 26.2 Å². The number of carbonyl (C=O) groups excluding carboxylic acids is 1. The molecular weight excluding hydrogens is 556 g/mol. The van der Waals surface area contributed by atoms with Gasteiger partial charge in [0.1, 0.15) is 34.9 Å². The van der Waals surface area contributed by atoms with E-state index in [0.29, 0.717) is 38.2 Å². The molecule has 5 rings (SSSR count). The lowest BCUT2D eigenvalue weighted by Gasteiger charge is -2.12. The molecule has 37 heavy (non-hydrogen) atoms. The van der Waals surface area contributed by atoms with Crippen LogP contribution in [0.2, 0.25) is 20.1 Å². The molecule has 0 amide bonds.